The minimum Gasteiger partial charge on any atom is -0.376 e. The lowest BCUT2D eigenvalue weighted by Crippen LogP contribution is -2.55. The summed E-state index contributed by atoms with van der Waals surface area (Å²) in [5, 5.41) is 0. The van der Waals surface area contributed by atoms with Crippen LogP contribution in [0.15, 0.2) is 60.7 Å². The van der Waals surface area contributed by atoms with E-state index in [9.17, 15) is 9.59 Å². The van der Waals surface area contributed by atoms with Gasteiger partial charge < -0.3 is 20.3 Å². The summed E-state index contributed by atoms with van der Waals surface area (Å²) in [4.78, 5) is 29.6. The Bertz CT molecular complexity index is 831. The van der Waals surface area contributed by atoms with Gasteiger partial charge in [-0.2, -0.15) is 0 Å². The SMILES string of the molecule is CC(C)(C(N)=O)C(COCc1ccccc1)C(=O)N1CCN(c2ccccc2)CC1. The number of piperazine rings is 1. The van der Waals surface area contributed by atoms with Crippen LogP contribution in [0.3, 0.4) is 0 Å². The van der Waals surface area contributed by atoms with Crippen molar-refractivity contribution in [2.24, 2.45) is 17.1 Å². The maximum absolute atomic E-state index is 13.4. The Morgan fingerprint density at radius 1 is 0.967 bits per heavy atom. The molecule has 6 heteroatoms. The lowest BCUT2D eigenvalue weighted by Gasteiger charge is -2.40. The van der Waals surface area contributed by atoms with Crippen molar-refractivity contribution >= 4 is 17.5 Å². The molecule has 30 heavy (non-hydrogen) atoms. The van der Waals surface area contributed by atoms with E-state index >= 15 is 0 Å². The number of hydrogen-bond acceptors (Lipinski definition) is 4. The highest BCUT2D eigenvalue weighted by atomic mass is 16.5. The van der Waals surface area contributed by atoms with Crippen molar-refractivity contribution in [3.63, 3.8) is 0 Å². The number of primary amides is 1. The monoisotopic (exact) mass is 409 g/mol. The van der Waals surface area contributed by atoms with Crippen molar-refractivity contribution in [1.82, 2.24) is 4.90 Å². The van der Waals surface area contributed by atoms with Gasteiger partial charge in [-0.25, -0.2) is 0 Å². The van der Waals surface area contributed by atoms with E-state index in [1.165, 1.54) is 0 Å². The van der Waals surface area contributed by atoms with Crippen LogP contribution in [-0.2, 0) is 20.9 Å². The lowest BCUT2D eigenvalue weighted by molar-refractivity contribution is -0.149. The van der Waals surface area contributed by atoms with Gasteiger partial charge in [-0.15, -0.1) is 0 Å². The Morgan fingerprint density at radius 3 is 2.10 bits per heavy atom. The molecule has 3 rings (SSSR count). The number of ether oxygens (including phenoxy) is 1. The fourth-order valence-corrected chi connectivity index (χ4v) is 3.67. The van der Waals surface area contributed by atoms with Crippen LogP contribution < -0.4 is 10.6 Å². The normalized spacial score (nSPS) is 15.7. The van der Waals surface area contributed by atoms with E-state index in [1.54, 1.807) is 13.8 Å². The number of amides is 2. The van der Waals surface area contributed by atoms with E-state index in [4.69, 9.17) is 10.5 Å². The second-order valence-corrected chi connectivity index (χ2v) is 8.29. The summed E-state index contributed by atoms with van der Waals surface area (Å²) in [6.07, 6.45) is 0. The molecule has 0 saturated carbocycles. The fraction of sp³-hybridized carbons (Fsp3) is 0.417. The van der Waals surface area contributed by atoms with Gasteiger partial charge in [0, 0.05) is 31.9 Å². The molecular formula is C24H31N3O3. The quantitative estimate of drug-likeness (QED) is 0.727. The van der Waals surface area contributed by atoms with Crippen molar-refractivity contribution in [3.8, 4) is 0 Å². The summed E-state index contributed by atoms with van der Waals surface area (Å²) in [6.45, 7) is 6.72. The van der Waals surface area contributed by atoms with E-state index in [0.717, 1.165) is 24.3 Å². The first kappa shape index (κ1) is 21.8. The van der Waals surface area contributed by atoms with E-state index in [-0.39, 0.29) is 12.5 Å². The molecule has 1 atom stereocenters. The number of anilines is 1. The number of hydrogen-bond donors (Lipinski definition) is 1. The van der Waals surface area contributed by atoms with Crippen LogP contribution in [0.25, 0.3) is 0 Å². The highest BCUT2D eigenvalue weighted by molar-refractivity contribution is 5.89. The van der Waals surface area contributed by atoms with Crippen LogP contribution >= 0.6 is 0 Å². The van der Waals surface area contributed by atoms with Crippen molar-refractivity contribution in [3.05, 3.63) is 66.2 Å². The molecule has 2 aromatic carbocycles. The molecule has 0 radical (unpaired) electrons. The lowest BCUT2D eigenvalue weighted by atomic mass is 9.77. The molecule has 2 amide bonds. The first-order valence-corrected chi connectivity index (χ1v) is 10.4. The smallest absolute Gasteiger partial charge is 0.229 e. The highest BCUT2D eigenvalue weighted by Crippen LogP contribution is 2.30. The van der Waals surface area contributed by atoms with Gasteiger partial charge in [0.2, 0.25) is 11.8 Å². The van der Waals surface area contributed by atoms with Gasteiger partial charge in [-0.05, 0) is 17.7 Å². The third-order valence-electron chi connectivity index (χ3n) is 5.91. The summed E-state index contributed by atoms with van der Waals surface area (Å²) < 4.78 is 5.86. The molecule has 1 heterocycles. The van der Waals surface area contributed by atoms with Crippen LogP contribution in [0.2, 0.25) is 0 Å². The summed E-state index contributed by atoms with van der Waals surface area (Å²) in [7, 11) is 0. The molecule has 0 aliphatic carbocycles. The first-order valence-electron chi connectivity index (χ1n) is 10.4. The summed E-state index contributed by atoms with van der Waals surface area (Å²) in [5.41, 5.74) is 6.83. The van der Waals surface area contributed by atoms with Gasteiger partial charge >= 0.3 is 0 Å². The Balaban J connectivity index is 1.64. The second kappa shape index (κ2) is 9.76. The molecule has 2 N–H and O–H groups in total. The molecule has 0 spiro atoms. The van der Waals surface area contributed by atoms with Crippen LogP contribution in [0, 0.1) is 11.3 Å². The molecule has 0 bridgehead atoms. The predicted octanol–water partition coefficient (Wildman–Crippen LogP) is 2.68. The van der Waals surface area contributed by atoms with Crippen molar-refractivity contribution in [2.75, 3.05) is 37.7 Å². The first-order chi connectivity index (χ1) is 14.4. The van der Waals surface area contributed by atoms with E-state index in [0.29, 0.717) is 19.7 Å². The standard InChI is InChI=1S/C24H31N3O3/c1-24(2,23(25)29)21(18-30-17-19-9-5-3-6-10-19)22(28)27-15-13-26(14-16-27)20-11-7-4-8-12-20/h3-12,21H,13-18H2,1-2H3,(H2,25,29). The van der Waals surface area contributed by atoms with E-state index in [2.05, 4.69) is 17.0 Å². The zero-order chi connectivity index (χ0) is 21.6. The van der Waals surface area contributed by atoms with Crippen LogP contribution in [0.5, 0.6) is 0 Å². The Kier molecular flexibility index (Phi) is 7.11. The Labute approximate surface area is 178 Å². The minimum atomic E-state index is -0.996. The number of carbonyl (C=O) groups is 2. The molecule has 2 aromatic rings. The predicted molar refractivity (Wildman–Crippen MR) is 118 cm³/mol. The molecule has 1 unspecified atom stereocenters. The topological polar surface area (TPSA) is 75.9 Å². The molecule has 160 valence electrons. The largest absolute Gasteiger partial charge is 0.376 e. The molecule has 6 nitrogen and oxygen atoms in total. The third kappa shape index (κ3) is 5.19. The average Bonchev–Trinajstić information content (AvgIpc) is 2.77. The molecule has 0 aromatic heterocycles. The summed E-state index contributed by atoms with van der Waals surface area (Å²) in [5.74, 6) is -1.19. The summed E-state index contributed by atoms with van der Waals surface area (Å²) in [6, 6.07) is 20.0. The third-order valence-corrected chi connectivity index (χ3v) is 5.91. The number of benzene rings is 2. The second-order valence-electron chi connectivity index (χ2n) is 8.29. The molecule has 1 aliphatic heterocycles. The van der Waals surface area contributed by atoms with Gasteiger partial charge in [-0.1, -0.05) is 62.4 Å². The number of rotatable bonds is 8. The number of nitrogens with zero attached hydrogens (tertiary/aromatic N) is 2. The zero-order valence-electron chi connectivity index (χ0n) is 17.8. The van der Waals surface area contributed by atoms with Crippen LogP contribution in [0.4, 0.5) is 5.69 Å². The number of carbonyl (C=O) groups excluding carboxylic acids is 2. The molecule has 1 fully saturated rings. The molecule has 1 saturated heterocycles. The van der Waals surface area contributed by atoms with Crippen molar-refractivity contribution in [1.29, 1.82) is 0 Å². The Hall–Kier alpha value is -2.86. The Morgan fingerprint density at radius 2 is 1.53 bits per heavy atom. The fourth-order valence-electron chi connectivity index (χ4n) is 3.67. The molecule has 1 aliphatic rings. The maximum Gasteiger partial charge on any atom is 0.229 e. The van der Waals surface area contributed by atoms with Crippen LogP contribution in [0.1, 0.15) is 19.4 Å². The maximum atomic E-state index is 13.4. The van der Waals surface area contributed by atoms with Crippen molar-refractivity contribution in [2.45, 2.75) is 20.5 Å². The highest BCUT2D eigenvalue weighted by Gasteiger charge is 2.42. The van der Waals surface area contributed by atoms with E-state index in [1.807, 2.05) is 53.4 Å². The van der Waals surface area contributed by atoms with Gasteiger partial charge in [0.05, 0.1) is 24.5 Å². The number of nitrogens with two attached hydrogens (primary N) is 1. The van der Waals surface area contributed by atoms with Gasteiger partial charge in [0.15, 0.2) is 0 Å². The average molecular weight is 410 g/mol. The molecular weight excluding hydrogens is 378 g/mol. The van der Waals surface area contributed by atoms with Gasteiger partial charge in [-0.3, -0.25) is 9.59 Å². The zero-order valence-corrected chi connectivity index (χ0v) is 17.8. The number of para-hydroxylation sites is 1. The summed E-state index contributed by atoms with van der Waals surface area (Å²) >= 11 is 0. The van der Waals surface area contributed by atoms with Gasteiger partial charge in [0.25, 0.3) is 0 Å². The minimum absolute atomic E-state index is 0.0698. The van der Waals surface area contributed by atoms with Crippen molar-refractivity contribution < 1.29 is 14.3 Å². The van der Waals surface area contributed by atoms with E-state index < -0.39 is 17.2 Å². The van der Waals surface area contributed by atoms with Crippen LogP contribution in [-0.4, -0.2) is 49.5 Å². The van der Waals surface area contributed by atoms with Gasteiger partial charge in [0.1, 0.15) is 0 Å².